The monoisotopic (exact) mass is 410 g/mol. The molecule has 0 aromatic heterocycles. The molecule has 30 heavy (non-hydrogen) atoms. The van der Waals surface area contributed by atoms with Gasteiger partial charge in [-0.1, -0.05) is 70.2 Å². The molecular formula is C25H34N2O3. The summed E-state index contributed by atoms with van der Waals surface area (Å²) < 4.78 is 5.75. The molecule has 0 saturated heterocycles. The van der Waals surface area contributed by atoms with E-state index in [0.29, 0.717) is 25.1 Å². The Hall–Kier alpha value is -2.82. The average Bonchev–Trinajstić information content (AvgIpc) is 2.74. The Labute approximate surface area is 180 Å². The van der Waals surface area contributed by atoms with Crippen LogP contribution < -0.4 is 10.1 Å². The van der Waals surface area contributed by atoms with Crippen LogP contribution >= 0.6 is 0 Å². The number of benzene rings is 2. The average molecular weight is 411 g/mol. The van der Waals surface area contributed by atoms with Crippen LogP contribution in [0.5, 0.6) is 5.75 Å². The van der Waals surface area contributed by atoms with E-state index in [1.54, 1.807) is 11.9 Å². The number of nitrogens with zero attached hydrogens (tertiary/aromatic N) is 1. The summed E-state index contributed by atoms with van der Waals surface area (Å²) in [6.45, 7) is 8.73. The first-order chi connectivity index (χ1) is 14.3. The Morgan fingerprint density at radius 2 is 1.67 bits per heavy atom. The summed E-state index contributed by atoms with van der Waals surface area (Å²) in [5, 5.41) is 2.67. The maximum Gasteiger partial charge on any atom is 0.261 e. The second-order valence-corrected chi connectivity index (χ2v) is 8.42. The Balaban J connectivity index is 2.08. The van der Waals surface area contributed by atoms with Crippen LogP contribution in [0.1, 0.15) is 45.2 Å². The molecule has 2 rings (SSSR count). The minimum atomic E-state index is -0.516. The molecular weight excluding hydrogens is 376 g/mol. The van der Waals surface area contributed by atoms with Crippen molar-refractivity contribution < 1.29 is 14.3 Å². The summed E-state index contributed by atoms with van der Waals surface area (Å²) in [6.07, 6.45) is 1.22. The number of carbonyl (C=O) groups is 2. The van der Waals surface area contributed by atoms with Crippen molar-refractivity contribution in [2.75, 3.05) is 20.2 Å². The first-order valence-electron chi connectivity index (χ1n) is 10.5. The lowest BCUT2D eigenvalue weighted by Crippen LogP contribution is -2.50. The molecule has 0 heterocycles. The van der Waals surface area contributed by atoms with Gasteiger partial charge in [-0.15, -0.1) is 0 Å². The minimum Gasteiger partial charge on any atom is -0.484 e. The van der Waals surface area contributed by atoms with E-state index in [0.717, 1.165) is 5.56 Å². The molecule has 5 heteroatoms. The first kappa shape index (κ1) is 23.5. The van der Waals surface area contributed by atoms with Crippen LogP contribution in [0.3, 0.4) is 0 Å². The van der Waals surface area contributed by atoms with Gasteiger partial charge in [-0.3, -0.25) is 9.59 Å². The highest BCUT2D eigenvalue weighted by Gasteiger charge is 2.27. The van der Waals surface area contributed by atoms with Crippen molar-refractivity contribution in [1.29, 1.82) is 0 Å². The Morgan fingerprint density at radius 1 is 1.03 bits per heavy atom. The molecule has 162 valence electrons. The molecule has 0 aliphatic carbocycles. The van der Waals surface area contributed by atoms with E-state index in [2.05, 4.69) is 26.1 Å². The van der Waals surface area contributed by atoms with Crippen molar-refractivity contribution in [3.8, 4) is 5.75 Å². The summed E-state index contributed by atoms with van der Waals surface area (Å²) in [6, 6.07) is 17.3. The molecule has 0 spiro atoms. The van der Waals surface area contributed by atoms with Crippen molar-refractivity contribution in [2.45, 2.75) is 52.0 Å². The molecule has 5 nitrogen and oxygen atoms in total. The fourth-order valence-electron chi connectivity index (χ4n) is 3.34. The van der Waals surface area contributed by atoms with E-state index in [9.17, 15) is 9.59 Å². The van der Waals surface area contributed by atoms with Gasteiger partial charge in [-0.05, 0) is 41.5 Å². The summed E-state index contributed by atoms with van der Waals surface area (Å²) in [7, 11) is 1.60. The molecule has 1 N–H and O–H groups in total. The molecule has 0 aliphatic rings. The van der Waals surface area contributed by atoms with Crippen LogP contribution in [0.25, 0.3) is 0 Å². The van der Waals surface area contributed by atoms with Gasteiger partial charge >= 0.3 is 0 Å². The third-order valence-electron chi connectivity index (χ3n) is 5.20. The number of amides is 2. The Morgan fingerprint density at radius 3 is 2.20 bits per heavy atom. The van der Waals surface area contributed by atoms with Gasteiger partial charge in [0.05, 0.1) is 0 Å². The van der Waals surface area contributed by atoms with Gasteiger partial charge in [0.25, 0.3) is 5.91 Å². The summed E-state index contributed by atoms with van der Waals surface area (Å²) in [5.74, 6) is 0.294. The molecule has 2 aromatic carbocycles. The lowest BCUT2D eigenvalue weighted by molar-refractivity contribution is -0.142. The number of carbonyl (C=O) groups excluding carboxylic acids is 2. The second-order valence-electron chi connectivity index (χ2n) is 8.42. The molecule has 0 aliphatic heterocycles. The van der Waals surface area contributed by atoms with Crippen molar-refractivity contribution in [1.82, 2.24) is 10.2 Å². The summed E-state index contributed by atoms with van der Waals surface area (Å²) in [5.41, 5.74) is 2.39. The highest BCUT2D eigenvalue weighted by molar-refractivity contribution is 5.88. The number of hydrogen-bond acceptors (Lipinski definition) is 3. The largest absolute Gasteiger partial charge is 0.484 e. The van der Waals surface area contributed by atoms with Crippen LogP contribution in [0, 0.1) is 0 Å². The molecule has 0 bridgehead atoms. The Bertz CT molecular complexity index is 811. The quantitative estimate of drug-likeness (QED) is 0.681. The minimum absolute atomic E-state index is 0.0600. The van der Waals surface area contributed by atoms with E-state index in [1.165, 1.54) is 5.56 Å². The zero-order valence-electron chi connectivity index (χ0n) is 18.8. The molecule has 0 fully saturated rings. The highest BCUT2D eigenvalue weighted by Crippen LogP contribution is 2.24. The molecule has 0 unspecified atom stereocenters. The van der Waals surface area contributed by atoms with Gasteiger partial charge in [0.2, 0.25) is 5.91 Å². The van der Waals surface area contributed by atoms with E-state index in [4.69, 9.17) is 4.74 Å². The summed E-state index contributed by atoms with van der Waals surface area (Å²) in [4.78, 5) is 27.0. The van der Waals surface area contributed by atoms with Gasteiger partial charge in [-0.2, -0.15) is 0 Å². The van der Waals surface area contributed by atoms with Gasteiger partial charge in [0.15, 0.2) is 6.61 Å². The van der Waals surface area contributed by atoms with Crippen molar-refractivity contribution >= 4 is 11.8 Å². The zero-order valence-corrected chi connectivity index (χ0v) is 18.8. The van der Waals surface area contributed by atoms with Crippen LogP contribution in [0.4, 0.5) is 0 Å². The number of rotatable bonds is 9. The number of likely N-dealkylation sites (N-methyl/N-ethyl adjacent to an activating group) is 1. The van der Waals surface area contributed by atoms with Crippen LogP contribution in [-0.2, 0) is 21.4 Å². The van der Waals surface area contributed by atoms with E-state index in [1.807, 2.05) is 61.5 Å². The van der Waals surface area contributed by atoms with E-state index >= 15 is 0 Å². The van der Waals surface area contributed by atoms with Gasteiger partial charge < -0.3 is 15.0 Å². The smallest absolute Gasteiger partial charge is 0.261 e. The summed E-state index contributed by atoms with van der Waals surface area (Å²) >= 11 is 0. The van der Waals surface area contributed by atoms with Crippen LogP contribution in [0.2, 0.25) is 0 Å². The second kappa shape index (κ2) is 10.8. The molecule has 0 radical (unpaired) electrons. The van der Waals surface area contributed by atoms with Crippen molar-refractivity contribution in [2.24, 2.45) is 0 Å². The fraction of sp³-hybridized carbons (Fsp3) is 0.440. The van der Waals surface area contributed by atoms with Crippen LogP contribution in [-0.4, -0.2) is 43.0 Å². The van der Waals surface area contributed by atoms with E-state index < -0.39 is 6.04 Å². The standard InChI is InChI=1S/C25H34N2O3/c1-6-22(24(29)26-5)27(17-16-19-10-8-7-9-11-19)23(28)18-30-21-14-12-20(13-15-21)25(2,3)4/h7-15,22H,6,16-18H2,1-5H3,(H,26,29)/t22-/m0/s1. The predicted molar refractivity (Wildman–Crippen MR) is 121 cm³/mol. The number of nitrogens with one attached hydrogen (secondary N) is 1. The van der Waals surface area contributed by atoms with Crippen molar-refractivity contribution in [3.63, 3.8) is 0 Å². The van der Waals surface area contributed by atoms with Gasteiger partial charge in [-0.25, -0.2) is 0 Å². The Kier molecular flexibility index (Phi) is 8.46. The lowest BCUT2D eigenvalue weighted by atomic mass is 9.87. The normalized spacial score (nSPS) is 12.2. The van der Waals surface area contributed by atoms with Crippen LogP contribution in [0.15, 0.2) is 54.6 Å². The van der Waals surface area contributed by atoms with Crippen molar-refractivity contribution in [3.05, 3.63) is 65.7 Å². The third-order valence-corrected chi connectivity index (χ3v) is 5.20. The number of ether oxygens (including phenoxy) is 1. The topological polar surface area (TPSA) is 58.6 Å². The third kappa shape index (κ3) is 6.61. The van der Waals surface area contributed by atoms with E-state index in [-0.39, 0.29) is 23.8 Å². The molecule has 2 aromatic rings. The highest BCUT2D eigenvalue weighted by atomic mass is 16.5. The number of hydrogen-bond donors (Lipinski definition) is 1. The van der Waals surface area contributed by atoms with Gasteiger partial charge in [0.1, 0.15) is 11.8 Å². The molecule has 2 amide bonds. The fourth-order valence-corrected chi connectivity index (χ4v) is 3.34. The SMILES string of the molecule is CC[C@@H](C(=O)NC)N(CCc1ccccc1)C(=O)COc1ccc(C(C)(C)C)cc1. The molecule has 1 atom stereocenters. The maximum absolute atomic E-state index is 13.0. The lowest BCUT2D eigenvalue weighted by Gasteiger charge is -2.30. The first-order valence-corrected chi connectivity index (χ1v) is 10.5. The predicted octanol–water partition coefficient (Wildman–Crippen LogP) is 3.96. The zero-order chi connectivity index (χ0) is 22.1. The maximum atomic E-state index is 13.0. The molecule has 0 saturated carbocycles. The van der Waals surface area contributed by atoms with Gasteiger partial charge in [0, 0.05) is 13.6 Å².